The molecule has 0 amide bonds. The third kappa shape index (κ3) is 3.98. The molecule has 1 fully saturated rings. The first kappa shape index (κ1) is 13.3. The highest BCUT2D eigenvalue weighted by Crippen LogP contribution is 2.25. The summed E-state index contributed by atoms with van der Waals surface area (Å²) in [6.45, 7) is 4.78. The van der Waals surface area contributed by atoms with Crippen LogP contribution in [0, 0.1) is 5.92 Å². The Labute approximate surface area is 110 Å². The highest BCUT2D eigenvalue weighted by Gasteiger charge is 2.14. The summed E-state index contributed by atoms with van der Waals surface area (Å²) < 4.78 is 5.99. The van der Waals surface area contributed by atoms with Crippen molar-refractivity contribution in [2.75, 3.05) is 13.2 Å². The van der Waals surface area contributed by atoms with Crippen LogP contribution in [0.25, 0.3) is 0 Å². The molecule has 1 N–H and O–H groups in total. The molecular formula is C15H24N2O. The van der Waals surface area contributed by atoms with E-state index in [1.807, 2.05) is 18.5 Å². The third-order valence-electron chi connectivity index (χ3n) is 3.62. The second kappa shape index (κ2) is 7.37. The molecular weight excluding hydrogens is 224 g/mol. The zero-order valence-corrected chi connectivity index (χ0v) is 11.3. The molecule has 1 aromatic rings. The van der Waals surface area contributed by atoms with Crippen LogP contribution in [0.2, 0.25) is 0 Å². The summed E-state index contributed by atoms with van der Waals surface area (Å²) in [5, 5.41) is 3.32. The van der Waals surface area contributed by atoms with Gasteiger partial charge < -0.3 is 10.1 Å². The van der Waals surface area contributed by atoms with Crippen molar-refractivity contribution in [2.45, 2.75) is 45.6 Å². The summed E-state index contributed by atoms with van der Waals surface area (Å²) >= 11 is 0. The minimum absolute atomic E-state index is 0.749. The van der Waals surface area contributed by atoms with Gasteiger partial charge in [-0.3, -0.25) is 4.98 Å². The number of hydrogen-bond acceptors (Lipinski definition) is 3. The Bertz CT molecular complexity index is 348. The van der Waals surface area contributed by atoms with Gasteiger partial charge in [0.25, 0.3) is 0 Å². The summed E-state index contributed by atoms with van der Waals surface area (Å²) in [6, 6.07) is 1.98. The lowest BCUT2D eigenvalue weighted by atomic mass is 9.90. The largest absolute Gasteiger partial charge is 0.493 e. The second-order valence-electron chi connectivity index (χ2n) is 5.08. The van der Waals surface area contributed by atoms with Crippen LogP contribution in [-0.4, -0.2) is 18.1 Å². The molecule has 3 nitrogen and oxygen atoms in total. The summed E-state index contributed by atoms with van der Waals surface area (Å²) in [5.41, 5.74) is 1.16. The lowest BCUT2D eigenvalue weighted by Crippen LogP contribution is -2.17. The Morgan fingerprint density at radius 3 is 2.94 bits per heavy atom. The molecule has 3 heteroatoms. The van der Waals surface area contributed by atoms with Crippen LogP contribution in [-0.2, 0) is 6.54 Å². The molecule has 2 rings (SSSR count). The van der Waals surface area contributed by atoms with Crippen molar-refractivity contribution >= 4 is 0 Å². The van der Waals surface area contributed by atoms with Crippen molar-refractivity contribution in [3.8, 4) is 5.75 Å². The zero-order chi connectivity index (χ0) is 12.6. The van der Waals surface area contributed by atoms with E-state index in [0.29, 0.717) is 0 Å². The summed E-state index contributed by atoms with van der Waals surface area (Å²) in [6.07, 6.45) is 10.5. The summed E-state index contributed by atoms with van der Waals surface area (Å²) in [7, 11) is 0. The maximum Gasteiger partial charge on any atom is 0.126 e. The second-order valence-corrected chi connectivity index (χ2v) is 5.08. The first-order valence-electron chi connectivity index (χ1n) is 7.16. The Morgan fingerprint density at radius 2 is 2.17 bits per heavy atom. The third-order valence-corrected chi connectivity index (χ3v) is 3.62. The highest BCUT2D eigenvalue weighted by atomic mass is 16.5. The Morgan fingerprint density at radius 1 is 1.33 bits per heavy atom. The van der Waals surface area contributed by atoms with Crippen molar-refractivity contribution in [1.29, 1.82) is 0 Å². The van der Waals surface area contributed by atoms with Gasteiger partial charge in [0.15, 0.2) is 0 Å². The first-order chi connectivity index (χ1) is 8.90. The van der Waals surface area contributed by atoms with Gasteiger partial charge in [-0.05, 0) is 31.4 Å². The van der Waals surface area contributed by atoms with Crippen LogP contribution in [0.15, 0.2) is 18.5 Å². The Balaban J connectivity index is 1.87. The van der Waals surface area contributed by atoms with E-state index in [1.165, 1.54) is 32.1 Å². The number of pyridine rings is 1. The molecule has 0 unspecified atom stereocenters. The van der Waals surface area contributed by atoms with E-state index in [0.717, 1.165) is 36.9 Å². The molecule has 0 aliphatic heterocycles. The van der Waals surface area contributed by atoms with Gasteiger partial charge in [-0.2, -0.15) is 0 Å². The number of aromatic nitrogens is 1. The normalized spacial score (nSPS) is 16.7. The van der Waals surface area contributed by atoms with Crippen LogP contribution in [0.1, 0.15) is 44.6 Å². The predicted octanol–water partition coefficient (Wildman–Crippen LogP) is 3.15. The molecule has 0 aromatic carbocycles. The van der Waals surface area contributed by atoms with E-state index in [-0.39, 0.29) is 0 Å². The van der Waals surface area contributed by atoms with Gasteiger partial charge in [0, 0.05) is 24.5 Å². The maximum atomic E-state index is 5.99. The fourth-order valence-corrected chi connectivity index (χ4v) is 2.51. The molecule has 18 heavy (non-hydrogen) atoms. The van der Waals surface area contributed by atoms with E-state index in [2.05, 4.69) is 17.2 Å². The summed E-state index contributed by atoms with van der Waals surface area (Å²) in [4.78, 5) is 4.17. The van der Waals surface area contributed by atoms with Crippen LogP contribution < -0.4 is 10.1 Å². The van der Waals surface area contributed by atoms with Gasteiger partial charge in [-0.1, -0.05) is 26.2 Å². The average Bonchev–Trinajstić information content (AvgIpc) is 2.45. The van der Waals surface area contributed by atoms with Crippen molar-refractivity contribution in [3.63, 3.8) is 0 Å². The van der Waals surface area contributed by atoms with Crippen molar-refractivity contribution < 1.29 is 4.74 Å². The zero-order valence-electron chi connectivity index (χ0n) is 11.3. The number of nitrogens with zero attached hydrogens (tertiary/aromatic N) is 1. The standard InChI is InChI=1S/C15H24N2O/c1-2-16-10-14-11-17-9-8-15(14)18-12-13-6-4-3-5-7-13/h8-9,11,13,16H,2-7,10,12H2,1H3. The fourth-order valence-electron chi connectivity index (χ4n) is 2.51. The molecule has 0 saturated heterocycles. The van der Waals surface area contributed by atoms with E-state index in [1.54, 1.807) is 0 Å². The molecule has 1 heterocycles. The van der Waals surface area contributed by atoms with Gasteiger partial charge in [0.1, 0.15) is 5.75 Å². The average molecular weight is 248 g/mol. The maximum absolute atomic E-state index is 5.99. The quantitative estimate of drug-likeness (QED) is 0.839. The first-order valence-corrected chi connectivity index (χ1v) is 7.16. The van der Waals surface area contributed by atoms with Crippen LogP contribution in [0.3, 0.4) is 0 Å². The number of ether oxygens (including phenoxy) is 1. The minimum atomic E-state index is 0.749. The minimum Gasteiger partial charge on any atom is -0.493 e. The van der Waals surface area contributed by atoms with E-state index >= 15 is 0 Å². The molecule has 100 valence electrons. The van der Waals surface area contributed by atoms with Gasteiger partial charge in [0.2, 0.25) is 0 Å². The smallest absolute Gasteiger partial charge is 0.126 e. The number of hydrogen-bond donors (Lipinski definition) is 1. The molecule has 1 aliphatic carbocycles. The molecule has 1 saturated carbocycles. The molecule has 1 aromatic heterocycles. The Kier molecular flexibility index (Phi) is 5.46. The van der Waals surface area contributed by atoms with Gasteiger partial charge >= 0.3 is 0 Å². The molecule has 0 spiro atoms. The van der Waals surface area contributed by atoms with Crippen LogP contribution in [0.5, 0.6) is 5.75 Å². The SMILES string of the molecule is CCNCc1cnccc1OCC1CCCCC1. The van der Waals surface area contributed by atoms with E-state index in [9.17, 15) is 0 Å². The highest BCUT2D eigenvalue weighted by molar-refractivity contribution is 5.29. The number of nitrogens with one attached hydrogen (secondary N) is 1. The van der Waals surface area contributed by atoms with Crippen molar-refractivity contribution in [1.82, 2.24) is 10.3 Å². The monoisotopic (exact) mass is 248 g/mol. The lowest BCUT2D eigenvalue weighted by molar-refractivity contribution is 0.207. The fraction of sp³-hybridized carbons (Fsp3) is 0.667. The Hall–Kier alpha value is -1.09. The van der Waals surface area contributed by atoms with Crippen molar-refractivity contribution in [2.24, 2.45) is 5.92 Å². The number of rotatable bonds is 6. The van der Waals surface area contributed by atoms with Gasteiger partial charge in [-0.25, -0.2) is 0 Å². The van der Waals surface area contributed by atoms with Gasteiger partial charge in [-0.15, -0.1) is 0 Å². The van der Waals surface area contributed by atoms with Crippen LogP contribution in [0.4, 0.5) is 0 Å². The summed E-state index contributed by atoms with van der Waals surface area (Å²) in [5.74, 6) is 1.75. The molecule has 0 atom stereocenters. The van der Waals surface area contributed by atoms with Crippen LogP contribution >= 0.6 is 0 Å². The lowest BCUT2D eigenvalue weighted by Gasteiger charge is -2.22. The van der Waals surface area contributed by atoms with Crippen molar-refractivity contribution in [3.05, 3.63) is 24.0 Å². The van der Waals surface area contributed by atoms with Gasteiger partial charge in [0.05, 0.1) is 6.61 Å². The molecule has 0 bridgehead atoms. The topological polar surface area (TPSA) is 34.2 Å². The molecule has 1 aliphatic rings. The predicted molar refractivity (Wildman–Crippen MR) is 73.7 cm³/mol. The van der Waals surface area contributed by atoms with E-state index < -0.39 is 0 Å². The molecule has 0 radical (unpaired) electrons. The van der Waals surface area contributed by atoms with E-state index in [4.69, 9.17) is 4.74 Å².